The van der Waals surface area contributed by atoms with E-state index in [1.54, 1.807) is 0 Å². The number of rotatable bonds is 4. The molecule has 8 heteroatoms. The molecule has 0 amide bonds. The molecule has 23 heavy (non-hydrogen) atoms. The van der Waals surface area contributed by atoms with Gasteiger partial charge in [0.25, 0.3) is 0 Å². The molecule has 0 aromatic heterocycles. The molecule has 1 atom stereocenters. The van der Waals surface area contributed by atoms with Crippen molar-refractivity contribution in [3.05, 3.63) is 18.2 Å². The number of ether oxygens (including phenoxy) is 3. The molecule has 1 aromatic carbocycles. The summed E-state index contributed by atoms with van der Waals surface area (Å²) < 4.78 is 56.1. The van der Waals surface area contributed by atoms with Crippen LogP contribution in [0.2, 0.25) is 0 Å². The molecule has 1 aromatic rings. The van der Waals surface area contributed by atoms with E-state index < -0.39 is 12.4 Å². The molecule has 1 saturated heterocycles. The summed E-state index contributed by atoms with van der Waals surface area (Å²) in [5.41, 5.74) is -0.882. The van der Waals surface area contributed by atoms with E-state index in [9.17, 15) is 12.9 Å². The van der Waals surface area contributed by atoms with Crippen molar-refractivity contribution in [2.45, 2.75) is 43.8 Å². The largest absolute Gasteiger partial charge is 1.00 e. The zero-order valence-corrected chi connectivity index (χ0v) is 16.6. The van der Waals surface area contributed by atoms with E-state index in [0.717, 1.165) is 25.3 Å². The van der Waals surface area contributed by atoms with Gasteiger partial charge in [-0.15, -0.1) is 0 Å². The second-order valence-corrected chi connectivity index (χ2v) is 6.10. The van der Waals surface area contributed by atoms with Gasteiger partial charge in [-0.1, -0.05) is 5.46 Å². The van der Waals surface area contributed by atoms with E-state index in [4.69, 9.17) is 14.2 Å². The van der Waals surface area contributed by atoms with E-state index in [0.29, 0.717) is 19.4 Å². The van der Waals surface area contributed by atoms with Crippen molar-refractivity contribution in [1.82, 2.24) is 0 Å². The Morgan fingerprint density at radius 3 is 2.57 bits per heavy atom. The molecule has 1 aliphatic carbocycles. The fourth-order valence-corrected chi connectivity index (χ4v) is 3.20. The van der Waals surface area contributed by atoms with E-state index in [2.05, 4.69) is 0 Å². The van der Waals surface area contributed by atoms with Crippen molar-refractivity contribution in [2.24, 2.45) is 0 Å². The van der Waals surface area contributed by atoms with Crippen LogP contribution in [-0.2, 0) is 4.74 Å². The molecule has 0 bridgehead atoms. The molecule has 122 valence electrons. The Morgan fingerprint density at radius 2 is 2.00 bits per heavy atom. The first-order valence-corrected chi connectivity index (χ1v) is 7.60. The van der Waals surface area contributed by atoms with Gasteiger partial charge in [0.2, 0.25) is 0 Å². The van der Waals surface area contributed by atoms with Gasteiger partial charge in [0, 0.05) is 12.8 Å². The summed E-state index contributed by atoms with van der Waals surface area (Å²) in [7, 11) is 1.35. The molecule has 1 saturated carbocycles. The standard InChI is InChI=1S/C15H19BF3O3.K/c1-20-11-3-4-14(13(9-11)16(17,18)19)22-12-5-8-21-15(10-12)6-2-7-15;/h3-4,9,12H,2,5-8,10H2,1H3;/q-1;+1. The quantitative estimate of drug-likeness (QED) is 0.725. The van der Waals surface area contributed by atoms with Gasteiger partial charge in [-0.2, -0.15) is 0 Å². The Morgan fingerprint density at radius 1 is 1.26 bits per heavy atom. The van der Waals surface area contributed by atoms with E-state index in [1.807, 2.05) is 0 Å². The van der Waals surface area contributed by atoms with Gasteiger partial charge < -0.3 is 27.2 Å². The SMILES string of the molecule is COc1ccc(OC2CCOC3(CCC3)C2)c([B-](F)(F)F)c1.[K+]. The van der Waals surface area contributed by atoms with Crippen LogP contribution in [0.25, 0.3) is 0 Å². The molecule has 1 spiro atoms. The van der Waals surface area contributed by atoms with E-state index >= 15 is 0 Å². The van der Waals surface area contributed by atoms with Crippen LogP contribution in [0.1, 0.15) is 32.1 Å². The minimum atomic E-state index is -5.15. The van der Waals surface area contributed by atoms with Crippen molar-refractivity contribution in [1.29, 1.82) is 0 Å². The third-order valence-electron chi connectivity index (χ3n) is 4.58. The number of hydrogen-bond acceptors (Lipinski definition) is 3. The van der Waals surface area contributed by atoms with Crippen LogP contribution < -0.4 is 66.3 Å². The zero-order valence-electron chi connectivity index (χ0n) is 13.5. The van der Waals surface area contributed by atoms with E-state index in [1.165, 1.54) is 19.2 Å². The molecule has 1 heterocycles. The van der Waals surface area contributed by atoms with E-state index in [-0.39, 0.29) is 74.6 Å². The third-order valence-corrected chi connectivity index (χ3v) is 4.58. The zero-order chi connectivity index (χ0) is 15.8. The number of methoxy groups -OCH3 is 1. The Bertz CT molecular complexity index is 549. The first-order chi connectivity index (χ1) is 10.4. The van der Waals surface area contributed by atoms with Gasteiger partial charge in [-0.05, 0) is 37.5 Å². The maximum atomic E-state index is 13.3. The fraction of sp³-hybridized carbons (Fsp3) is 0.600. The van der Waals surface area contributed by atoms with Crippen molar-refractivity contribution in [2.75, 3.05) is 13.7 Å². The van der Waals surface area contributed by atoms with Crippen molar-refractivity contribution in [3.8, 4) is 11.5 Å². The molecule has 2 aliphatic rings. The predicted octanol–water partition coefficient (Wildman–Crippen LogP) is 0.234. The minimum Gasteiger partial charge on any atom is -0.497 e. The summed E-state index contributed by atoms with van der Waals surface area (Å²) in [6.07, 6.45) is 4.14. The smallest absolute Gasteiger partial charge is 0.497 e. The van der Waals surface area contributed by atoms with Crippen LogP contribution in [0.15, 0.2) is 18.2 Å². The van der Waals surface area contributed by atoms with Crippen LogP contribution >= 0.6 is 0 Å². The molecule has 1 unspecified atom stereocenters. The van der Waals surface area contributed by atoms with Gasteiger partial charge in [0.15, 0.2) is 0 Å². The molecule has 3 rings (SSSR count). The summed E-state index contributed by atoms with van der Waals surface area (Å²) in [4.78, 5) is 0. The van der Waals surface area contributed by atoms with Crippen molar-refractivity contribution >= 4 is 12.4 Å². The monoisotopic (exact) mass is 354 g/mol. The number of halogens is 3. The normalized spacial score (nSPS) is 22.9. The average Bonchev–Trinajstić information content (AvgIpc) is 2.45. The van der Waals surface area contributed by atoms with Gasteiger partial charge in [0.1, 0.15) is 11.9 Å². The van der Waals surface area contributed by atoms with Crippen LogP contribution in [-0.4, -0.2) is 32.4 Å². The third kappa shape index (κ3) is 4.47. The molecule has 0 radical (unpaired) electrons. The van der Waals surface area contributed by atoms with Crippen LogP contribution in [0.5, 0.6) is 11.5 Å². The van der Waals surface area contributed by atoms with Crippen LogP contribution in [0.3, 0.4) is 0 Å². The Hall–Kier alpha value is 0.271. The summed E-state index contributed by atoms with van der Waals surface area (Å²) in [6, 6.07) is 3.86. The maximum Gasteiger partial charge on any atom is 1.00 e. The Balaban J connectivity index is 0.00000192. The Labute approximate surface area is 176 Å². The van der Waals surface area contributed by atoms with Crippen LogP contribution in [0.4, 0.5) is 12.9 Å². The first-order valence-electron chi connectivity index (χ1n) is 7.60. The minimum absolute atomic E-state index is 0. The topological polar surface area (TPSA) is 27.7 Å². The first kappa shape index (κ1) is 19.6. The van der Waals surface area contributed by atoms with Crippen molar-refractivity contribution in [3.63, 3.8) is 0 Å². The van der Waals surface area contributed by atoms with Crippen molar-refractivity contribution < 1.29 is 78.5 Å². The molecule has 2 fully saturated rings. The maximum absolute atomic E-state index is 13.3. The fourth-order valence-electron chi connectivity index (χ4n) is 3.20. The van der Waals surface area contributed by atoms with Gasteiger partial charge in [-0.3, -0.25) is 0 Å². The molecule has 0 N–H and O–H groups in total. The molecular weight excluding hydrogens is 335 g/mol. The second kappa shape index (κ2) is 7.66. The Kier molecular flexibility index (Phi) is 6.53. The van der Waals surface area contributed by atoms with Gasteiger partial charge in [-0.25, -0.2) is 0 Å². The summed E-state index contributed by atoms with van der Waals surface area (Å²) in [5, 5.41) is 0. The summed E-state index contributed by atoms with van der Waals surface area (Å²) in [5.74, 6) is 0.0821. The predicted molar refractivity (Wildman–Crippen MR) is 77.9 cm³/mol. The second-order valence-electron chi connectivity index (χ2n) is 6.10. The van der Waals surface area contributed by atoms with Gasteiger partial charge >= 0.3 is 58.4 Å². The molecule has 1 aliphatic heterocycles. The van der Waals surface area contributed by atoms with Crippen LogP contribution in [0, 0.1) is 0 Å². The number of hydrogen-bond donors (Lipinski definition) is 0. The van der Waals surface area contributed by atoms with Gasteiger partial charge in [0.05, 0.1) is 25.1 Å². The average molecular weight is 354 g/mol. The summed E-state index contributed by atoms with van der Waals surface area (Å²) in [6.45, 7) is -4.60. The summed E-state index contributed by atoms with van der Waals surface area (Å²) >= 11 is 0. The molecular formula is C15H19BF3KO3. The molecule has 3 nitrogen and oxygen atoms in total. The number of benzene rings is 1.